The van der Waals surface area contributed by atoms with Gasteiger partial charge in [0.2, 0.25) is 0 Å². The Kier molecular flexibility index (Phi) is 12.8. The van der Waals surface area contributed by atoms with Gasteiger partial charge in [-0.25, -0.2) is 0 Å². The summed E-state index contributed by atoms with van der Waals surface area (Å²) in [6.07, 6.45) is 17.8. The molecule has 0 saturated carbocycles. The molecule has 212 valence electrons. The van der Waals surface area contributed by atoms with Crippen molar-refractivity contribution in [1.82, 2.24) is 4.90 Å². The van der Waals surface area contributed by atoms with Crippen molar-refractivity contribution in [2.45, 2.75) is 117 Å². The number of aliphatic hydroxyl groups excluding tert-OH is 1. The van der Waals surface area contributed by atoms with E-state index in [1.54, 1.807) is 17.0 Å². The number of Topliss-reactive ketones (excluding diaryl/α,β-unsaturated/α-hetero) is 1. The van der Waals surface area contributed by atoms with Gasteiger partial charge in [-0.15, -0.1) is 0 Å². The Bertz CT molecular complexity index is 1070. The largest absolute Gasteiger partial charge is 0.507 e. The van der Waals surface area contributed by atoms with Crippen molar-refractivity contribution in [2.24, 2.45) is 0 Å². The second-order valence-corrected chi connectivity index (χ2v) is 11.4. The maximum Gasteiger partial charge on any atom is 0.295 e. The Morgan fingerprint density at radius 1 is 0.667 bits per heavy atom. The quantitative estimate of drug-likeness (QED) is 0.0958. The van der Waals surface area contributed by atoms with Crippen molar-refractivity contribution in [1.29, 1.82) is 0 Å². The Morgan fingerprint density at radius 2 is 1.10 bits per heavy atom. The van der Waals surface area contributed by atoms with Gasteiger partial charge in [0.1, 0.15) is 5.76 Å². The minimum atomic E-state index is -0.594. The Labute approximate surface area is 236 Å². The number of aryl methyl sites for hydroxylation is 2. The molecule has 0 bridgehead atoms. The Hall–Kier alpha value is -2.88. The number of ketones is 1. The highest BCUT2D eigenvalue weighted by Crippen LogP contribution is 2.39. The standard InChI is InChI=1S/C35H49NO3/c1-4-5-6-7-8-9-10-11-12-13-14-15-16-17-26-36-32(29-22-18-27(2)19-23-29)31(34(38)35(36)39)33(37)30-24-20-28(3)21-25-30/h18-25,32,37H,4-17,26H2,1-3H3/t32-/m1/s1. The summed E-state index contributed by atoms with van der Waals surface area (Å²) in [5, 5.41) is 11.2. The lowest BCUT2D eigenvalue weighted by Gasteiger charge is -2.25. The number of carbonyl (C=O) groups is 2. The molecule has 4 nitrogen and oxygen atoms in total. The van der Waals surface area contributed by atoms with Gasteiger partial charge >= 0.3 is 0 Å². The van der Waals surface area contributed by atoms with Gasteiger partial charge in [0, 0.05) is 12.1 Å². The highest BCUT2D eigenvalue weighted by molar-refractivity contribution is 6.46. The number of likely N-dealkylation sites (tertiary alicyclic amines) is 1. The van der Waals surface area contributed by atoms with Crippen LogP contribution in [0.4, 0.5) is 0 Å². The Morgan fingerprint density at radius 3 is 1.59 bits per heavy atom. The predicted molar refractivity (Wildman–Crippen MR) is 162 cm³/mol. The number of unbranched alkanes of at least 4 members (excludes halogenated alkanes) is 13. The van der Waals surface area contributed by atoms with Crippen molar-refractivity contribution >= 4 is 17.4 Å². The minimum absolute atomic E-state index is 0.0950. The van der Waals surface area contributed by atoms with Crippen LogP contribution in [-0.2, 0) is 9.59 Å². The maximum atomic E-state index is 13.2. The van der Waals surface area contributed by atoms with E-state index in [-0.39, 0.29) is 11.3 Å². The Balaban J connectivity index is 1.52. The van der Waals surface area contributed by atoms with Crippen LogP contribution in [0, 0.1) is 13.8 Å². The summed E-state index contributed by atoms with van der Waals surface area (Å²) in [5.41, 5.74) is 3.80. The minimum Gasteiger partial charge on any atom is -0.507 e. The summed E-state index contributed by atoms with van der Waals surface area (Å²) >= 11 is 0. The summed E-state index contributed by atoms with van der Waals surface area (Å²) in [6.45, 7) is 6.78. The molecular weight excluding hydrogens is 482 g/mol. The van der Waals surface area contributed by atoms with Crippen LogP contribution in [0.1, 0.15) is 125 Å². The highest BCUT2D eigenvalue weighted by atomic mass is 16.3. The predicted octanol–water partition coefficient (Wildman–Crippen LogP) is 9.21. The molecule has 3 rings (SSSR count). The van der Waals surface area contributed by atoms with E-state index in [9.17, 15) is 14.7 Å². The third kappa shape index (κ3) is 9.08. The fraction of sp³-hybridized carbons (Fsp3) is 0.543. The molecule has 39 heavy (non-hydrogen) atoms. The van der Waals surface area contributed by atoms with E-state index < -0.39 is 17.7 Å². The molecule has 2 aromatic rings. The SMILES string of the molecule is CCCCCCCCCCCCCCCCN1C(=O)C(=O)C(=C(O)c2ccc(C)cc2)[C@H]1c1ccc(C)cc1. The van der Waals surface area contributed by atoms with Gasteiger partial charge in [-0.05, 0) is 25.8 Å². The number of hydrogen-bond donors (Lipinski definition) is 1. The number of nitrogens with zero attached hydrogens (tertiary/aromatic N) is 1. The lowest BCUT2D eigenvalue weighted by molar-refractivity contribution is -0.139. The number of rotatable bonds is 17. The number of aliphatic hydroxyl groups is 1. The molecule has 0 radical (unpaired) electrons. The molecule has 1 saturated heterocycles. The molecule has 0 unspecified atom stereocenters. The van der Waals surface area contributed by atoms with Crippen LogP contribution in [0.2, 0.25) is 0 Å². The van der Waals surface area contributed by atoms with Crippen molar-refractivity contribution in [2.75, 3.05) is 6.54 Å². The zero-order valence-corrected chi connectivity index (χ0v) is 24.5. The summed E-state index contributed by atoms with van der Waals surface area (Å²) in [7, 11) is 0. The molecule has 0 aliphatic carbocycles. The average Bonchev–Trinajstić information content (AvgIpc) is 3.18. The number of benzene rings is 2. The van der Waals surface area contributed by atoms with Crippen LogP contribution in [0.3, 0.4) is 0 Å². The fourth-order valence-electron chi connectivity index (χ4n) is 5.55. The fourth-order valence-corrected chi connectivity index (χ4v) is 5.55. The van der Waals surface area contributed by atoms with Crippen LogP contribution in [0.25, 0.3) is 5.76 Å². The second kappa shape index (κ2) is 16.3. The molecular formula is C35H49NO3. The first-order valence-electron chi connectivity index (χ1n) is 15.4. The third-order valence-electron chi connectivity index (χ3n) is 8.01. The lowest BCUT2D eigenvalue weighted by atomic mass is 9.94. The molecule has 4 heteroatoms. The molecule has 1 amide bonds. The zero-order valence-electron chi connectivity index (χ0n) is 24.5. The summed E-state index contributed by atoms with van der Waals surface area (Å²) in [4.78, 5) is 28.0. The van der Waals surface area contributed by atoms with E-state index in [0.717, 1.165) is 36.0 Å². The second-order valence-electron chi connectivity index (χ2n) is 11.4. The van der Waals surface area contributed by atoms with Gasteiger partial charge in [0.15, 0.2) is 0 Å². The zero-order chi connectivity index (χ0) is 28.0. The molecule has 1 fully saturated rings. The first kappa shape index (κ1) is 30.7. The highest BCUT2D eigenvalue weighted by Gasteiger charge is 2.45. The third-order valence-corrected chi connectivity index (χ3v) is 8.01. The smallest absolute Gasteiger partial charge is 0.295 e. The molecule has 1 atom stereocenters. The van der Waals surface area contributed by atoms with Gasteiger partial charge in [-0.1, -0.05) is 150 Å². The number of carbonyl (C=O) groups excluding carboxylic acids is 2. The normalized spacial score (nSPS) is 16.8. The van der Waals surface area contributed by atoms with E-state index in [2.05, 4.69) is 6.92 Å². The maximum absolute atomic E-state index is 13.2. The molecule has 1 aliphatic rings. The van der Waals surface area contributed by atoms with Gasteiger partial charge in [0.25, 0.3) is 11.7 Å². The van der Waals surface area contributed by atoms with Crippen molar-refractivity contribution < 1.29 is 14.7 Å². The summed E-state index contributed by atoms with van der Waals surface area (Å²) in [5.74, 6) is -1.20. The van der Waals surface area contributed by atoms with E-state index in [1.165, 1.54) is 70.6 Å². The number of hydrogen-bond acceptors (Lipinski definition) is 3. The molecule has 0 aromatic heterocycles. The number of amides is 1. The van der Waals surface area contributed by atoms with Gasteiger partial charge in [0.05, 0.1) is 11.6 Å². The van der Waals surface area contributed by atoms with Crippen molar-refractivity contribution in [3.05, 3.63) is 76.4 Å². The van der Waals surface area contributed by atoms with Gasteiger partial charge in [-0.2, -0.15) is 0 Å². The van der Waals surface area contributed by atoms with Crippen molar-refractivity contribution in [3.63, 3.8) is 0 Å². The van der Waals surface area contributed by atoms with Crippen LogP contribution >= 0.6 is 0 Å². The first-order valence-corrected chi connectivity index (χ1v) is 15.4. The van der Waals surface area contributed by atoms with Gasteiger partial charge < -0.3 is 10.0 Å². The van der Waals surface area contributed by atoms with E-state index in [4.69, 9.17) is 0 Å². The molecule has 1 aliphatic heterocycles. The average molecular weight is 532 g/mol. The first-order chi connectivity index (χ1) is 18.9. The van der Waals surface area contributed by atoms with Crippen LogP contribution in [-0.4, -0.2) is 28.2 Å². The topological polar surface area (TPSA) is 57.6 Å². The van der Waals surface area contributed by atoms with Gasteiger partial charge in [-0.3, -0.25) is 9.59 Å². The van der Waals surface area contributed by atoms with Crippen LogP contribution in [0.5, 0.6) is 0 Å². The monoisotopic (exact) mass is 531 g/mol. The molecule has 0 spiro atoms. The van der Waals surface area contributed by atoms with Crippen LogP contribution in [0.15, 0.2) is 54.1 Å². The molecule has 2 aromatic carbocycles. The lowest BCUT2D eigenvalue weighted by Crippen LogP contribution is -2.30. The summed E-state index contributed by atoms with van der Waals surface area (Å²) in [6, 6.07) is 14.8. The van der Waals surface area contributed by atoms with E-state index >= 15 is 0 Å². The van der Waals surface area contributed by atoms with E-state index in [0.29, 0.717) is 12.1 Å². The van der Waals surface area contributed by atoms with Crippen LogP contribution < -0.4 is 0 Å². The van der Waals surface area contributed by atoms with Crippen molar-refractivity contribution in [3.8, 4) is 0 Å². The summed E-state index contributed by atoms with van der Waals surface area (Å²) < 4.78 is 0. The van der Waals surface area contributed by atoms with E-state index in [1.807, 2.05) is 50.2 Å². The molecule has 1 heterocycles. The molecule has 1 N–H and O–H groups in total.